The number of ether oxygens (including phenoxy) is 3. The summed E-state index contributed by atoms with van der Waals surface area (Å²) in [6.45, 7) is 6.38. The van der Waals surface area contributed by atoms with Gasteiger partial charge in [-0.15, -0.1) is 0 Å². The molecule has 6 heteroatoms. The van der Waals surface area contributed by atoms with E-state index in [9.17, 15) is 14.4 Å². The number of hydrogen-bond acceptors (Lipinski definition) is 6. The predicted octanol–water partition coefficient (Wildman–Crippen LogP) is 22.9. The highest BCUT2D eigenvalue weighted by Crippen LogP contribution is 2.15. The topological polar surface area (TPSA) is 78.9 Å². The van der Waals surface area contributed by atoms with Crippen molar-refractivity contribution < 1.29 is 28.6 Å². The molecular formula is C74H122O6. The van der Waals surface area contributed by atoms with Crippen LogP contribution in [0.15, 0.2) is 134 Å². The molecule has 0 rings (SSSR count). The van der Waals surface area contributed by atoms with E-state index in [1.807, 2.05) is 0 Å². The molecule has 0 aromatic carbocycles. The van der Waals surface area contributed by atoms with Gasteiger partial charge in [0.2, 0.25) is 0 Å². The third-order valence-corrected chi connectivity index (χ3v) is 13.9. The Bertz CT molecular complexity index is 1700. The molecule has 0 amide bonds. The highest BCUT2D eigenvalue weighted by atomic mass is 16.6. The van der Waals surface area contributed by atoms with Crippen molar-refractivity contribution in [1.82, 2.24) is 0 Å². The number of carbonyl (C=O) groups is 3. The molecule has 0 aromatic rings. The minimum Gasteiger partial charge on any atom is -0.462 e. The van der Waals surface area contributed by atoms with E-state index in [-0.39, 0.29) is 31.1 Å². The molecule has 0 N–H and O–H groups in total. The van der Waals surface area contributed by atoms with Crippen molar-refractivity contribution in [1.29, 1.82) is 0 Å². The van der Waals surface area contributed by atoms with Gasteiger partial charge in [0, 0.05) is 19.3 Å². The van der Waals surface area contributed by atoms with E-state index in [0.29, 0.717) is 19.3 Å². The number of esters is 3. The maximum absolute atomic E-state index is 12.9. The number of allylic oxidation sites excluding steroid dienone is 22. The lowest BCUT2D eigenvalue weighted by molar-refractivity contribution is -0.167. The zero-order chi connectivity index (χ0) is 57.8. The lowest BCUT2D eigenvalue weighted by Gasteiger charge is -2.18. The second-order valence-electron chi connectivity index (χ2n) is 21.6. The number of hydrogen-bond donors (Lipinski definition) is 0. The average molecular weight is 1110 g/mol. The zero-order valence-electron chi connectivity index (χ0n) is 52.0. The summed E-state index contributed by atoms with van der Waals surface area (Å²) in [6.07, 6.45) is 94.7. The van der Waals surface area contributed by atoms with Crippen LogP contribution in [0.5, 0.6) is 0 Å². The van der Waals surface area contributed by atoms with Crippen LogP contribution in [0.3, 0.4) is 0 Å². The van der Waals surface area contributed by atoms with Gasteiger partial charge in [0.25, 0.3) is 0 Å². The van der Waals surface area contributed by atoms with Gasteiger partial charge in [-0.25, -0.2) is 0 Å². The quantitative estimate of drug-likeness (QED) is 0.0261. The molecule has 0 fully saturated rings. The Morgan fingerprint density at radius 3 is 0.787 bits per heavy atom. The molecule has 1 unspecified atom stereocenters. The Morgan fingerprint density at radius 1 is 0.263 bits per heavy atom. The monoisotopic (exact) mass is 1110 g/mol. The maximum Gasteiger partial charge on any atom is 0.306 e. The molecule has 6 nitrogen and oxygen atoms in total. The molecular weight excluding hydrogens is 985 g/mol. The molecule has 0 aromatic heterocycles. The fourth-order valence-corrected chi connectivity index (χ4v) is 8.96. The van der Waals surface area contributed by atoms with Crippen molar-refractivity contribution in [3.63, 3.8) is 0 Å². The summed E-state index contributed by atoms with van der Waals surface area (Å²) in [5, 5.41) is 0. The molecule has 80 heavy (non-hydrogen) atoms. The van der Waals surface area contributed by atoms with E-state index in [1.165, 1.54) is 116 Å². The average Bonchev–Trinajstić information content (AvgIpc) is 3.46. The fourth-order valence-electron chi connectivity index (χ4n) is 8.96. The van der Waals surface area contributed by atoms with Crippen LogP contribution in [-0.2, 0) is 28.6 Å². The second-order valence-corrected chi connectivity index (χ2v) is 21.6. The Balaban J connectivity index is 4.26. The first kappa shape index (κ1) is 75.5. The SMILES string of the molecule is CC/C=C\C/C=C\C/C=C\C/C=C\C/C=C\C/C=C\C/C=C\CCCCCCCCCCCCCC(=O)OCC(COC(=O)CCCCC/C=C\C/C=C\C/C=C\CC)OC(=O)CCCCCCC/C=C\CCCCCCCCC. The lowest BCUT2D eigenvalue weighted by atomic mass is 10.0. The Morgan fingerprint density at radius 2 is 0.487 bits per heavy atom. The van der Waals surface area contributed by atoms with Crippen LogP contribution in [0.4, 0.5) is 0 Å². The molecule has 454 valence electrons. The number of rotatable bonds is 59. The number of unbranched alkanes of at least 4 members (excludes halogenated alkanes) is 26. The molecule has 0 saturated heterocycles. The second kappa shape index (κ2) is 67.1. The van der Waals surface area contributed by atoms with Gasteiger partial charge in [-0.05, 0) is 135 Å². The van der Waals surface area contributed by atoms with Gasteiger partial charge in [0.15, 0.2) is 6.10 Å². The summed E-state index contributed by atoms with van der Waals surface area (Å²) in [4.78, 5) is 38.3. The molecule has 0 spiro atoms. The van der Waals surface area contributed by atoms with Crippen molar-refractivity contribution in [3.05, 3.63) is 134 Å². The lowest BCUT2D eigenvalue weighted by Crippen LogP contribution is -2.30. The van der Waals surface area contributed by atoms with Crippen molar-refractivity contribution in [2.45, 2.75) is 303 Å². The minimum absolute atomic E-state index is 0.0942. The van der Waals surface area contributed by atoms with Crippen LogP contribution < -0.4 is 0 Å². The molecule has 0 heterocycles. The summed E-state index contributed by atoms with van der Waals surface area (Å²) in [7, 11) is 0. The summed E-state index contributed by atoms with van der Waals surface area (Å²) in [5.74, 6) is -0.932. The van der Waals surface area contributed by atoms with Gasteiger partial charge in [0.05, 0.1) is 0 Å². The Kier molecular flexibility index (Phi) is 63.3. The first-order valence-electron chi connectivity index (χ1n) is 33.2. The first-order valence-corrected chi connectivity index (χ1v) is 33.2. The smallest absolute Gasteiger partial charge is 0.306 e. The normalized spacial score (nSPS) is 13.0. The van der Waals surface area contributed by atoms with Gasteiger partial charge in [-0.1, -0.05) is 276 Å². The molecule has 0 saturated carbocycles. The van der Waals surface area contributed by atoms with Crippen molar-refractivity contribution in [2.24, 2.45) is 0 Å². The Hall–Kier alpha value is -4.45. The van der Waals surface area contributed by atoms with E-state index in [1.54, 1.807) is 0 Å². The van der Waals surface area contributed by atoms with Gasteiger partial charge in [-0.3, -0.25) is 14.4 Å². The molecule has 0 bridgehead atoms. The minimum atomic E-state index is -0.799. The van der Waals surface area contributed by atoms with Gasteiger partial charge < -0.3 is 14.2 Å². The van der Waals surface area contributed by atoms with E-state index >= 15 is 0 Å². The Labute approximate surface area is 494 Å². The van der Waals surface area contributed by atoms with Crippen molar-refractivity contribution in [2.75, 3.05) is 13.2 Å². The molecule has 1 atom stereocenters. The molecule has 0 radical (unpaired) electrons. The van der Waals surface area contributed by atoms with E-state index in [4.69, 9.17) is 14.2 Å². The molecule has 0 aliphatic carbocycles. The van der Waals surface area contributed by atoms with Crippen LogP contribution in [-0.4, -0.2) is 37.2 Å². The van der Waals surface area contributed by atoms with Crippen LogP contribution in [0.25, 0.3) is 0 Å². The van der Waals surface area contributed by atoms with Crippen molar-refractivity contribution in [3.8, 4) is 0 Å². The van der Waals surface area contributed by atoms with Crippen LogP contribution in [0.1, 0.15) is 297 Å². The number of carbonyl (C=O) groups excluding carboxylic acids is 3. The first-order chi connectivity index (χ1) is 39.5. The standard InChI is InChI=1S/C74H122O6/c1-4-7-10-13-16-19-22-25-27-29-30-31-32-33-34-35-36-37-38-39-40-41-42-43-44-45-47-49-52-55-58-61-64-67-73(76)79-70-71(69-78-72(75)66-63-60-57-54-51-48-24-21-18-15-12-9-6-3)80-74(77)68-65-62-59-56-53-50-46-28-26-23-20-17-14-11-8-5-2/h7,9-10,12,16,18-19,21,25,27-28,30-31,33-34,36-37,39-40,46,48,51,71H,4-6,8,11,13-15,17,20,22-24,26,29,32,35,38,41-45,47,49-50,52-70H2,1-3H3/b10-7-,12-9-,19-16-,21-18-,27-25-,31-30-,34-33-,37-36-,40-39-,46-28-,51-48-. The maximum atomic E-state index is 12.9. The van der Waals surface area contributed by atoms with E-state index in [0.717, 1.165) is 141 Å². The molecule has 0 aliphatic rings. The van der Waals surface area contributed by atoms with Crippen LogP contribution in [0.2, 0.25) is 0 Å². The summed E-state index contributed by atoms with van der Waals surface area (Å²) in [5.41, 5.74) is 0. The van der Waals surface area contributed by atoms with Gasteiger partial charge >= 0.3 is 17.9 Å². The third-order valence-electron chi connectivity index (χ3n) is 13.9. The summed E-state index contributed by atoms with van der Waals surface area (Å²) in [6, 6.07) is 0. The van der Waals surface area contributed by atoms with E-state index < -0.39 is 6.10 Å². The summed E-state index contributed by atoms with van der Waals surface area (Å²) < 4.78 is 16.9. The highest BCUT2D eigenvalue weighted by molar-refractivity contribution is 5.71. The zero-order valence-corrected chi connectivity index (χ0v) is 52.0. The van der Waals surface area contributed by atoms with E-state index in [2.05, 4.69) is 154 Å². The van der Waals surface area contributed by atoms with Crippen LogP contribution in [0, 0.1) is 0 Å². The van der Waals surface area contributed by atoms with Gasteiger partial charge in [0.1, 0.15) is 13.2 Å². The fraction of sp³-hybridized carbons (Fsp3) is 0.662. The van der Waals surface area contributed by atoms with Crippen LogP contribution >= 0.6 is 0 Å². The van der Waals surface area contributed by atoms with Gasteiger partial charge in [-0.2, -0.15) is 0 Å². The molecule has 0 aliphatic heterocycles. The third kappa shape index (κ3) is 64.4. The predicted molar refractivity (Wildman–Crippen MR) is 348 cm³/mol. The largest absolute Gasteiger partial charge is 0.462 e. The summed E-state index contributed by atoms with van der Waals surface area (Å²) >= 11 is 0. The van der Waals surface area contributed by atoms with Crippen molar-refractivity contribution >= 4 is 17.9 Å². The highest BCUT2D eigenvalue weighted by Gasteiger charge is 2.19.